The van der Waals surface area contributed by atoms with Crippen molar-refractivity contribution < 1.29 is 0 Å². The third-order valence-electron chi connectivity index (χ3n) is 1.82. The highest BCUT2D eigenvalue weighted by Crippen LogP contribution is 2.07. The minimum Gasteiger partial charge on any atom is -0.365 e. The van der Waals surface area contributed by atoms with Crippen molar-refractivity contribution in [3.63, 3.8) is 0 Å². The van der Waals surface area contributed by atoms with Crippen molar-refractivity contribution in [2.45, 2.75) is 40.5 Å². The van der Waals surface area contributed by atoms with Gasteiger partial charge in [-0.3, -0.25) is 0 Å². The smallest absolute Gasteiger partial charge is 0.0132 e. The van der Waals surface area contributed by atoms with Crippen LogP contribution >= 0.6 is 0 Å². The van der Waals surface area contributed by atoms with Gasteiger partial charge < -0.3 is 5.32 Å². The highest BCUT2D eigenvalue weighted by Gasteiger charge is 1.94. The zero-order chi connectivity index (χ0) is 8.69. The maximum atomic E-state index is 3.27. The van der Waals surface area contributed by atoms with Crippen molar-refractivity contribution in [1.82, 2.24) is 5.32 Å². The Morgan fingerprint density at radius 1 is 1.27 bits per heavy atom. The summed E-state index contributed by atoms with van der Waals surface area (Å²) in [6.45, 7) is 8.55. The van der Waals surface area contributed by atoms with Crippen LogP contribution in [0.4, 0.5) is 0 Å². The van der Waals surface area contributed by atoms with Gasteiger partial charge in [0.05, 0.1) is 0 Å². The Hall–Kier alpha value is -0.720. The highest BCUT2D eigenvalue weighted by atomic mass is 14.8. The normalized spacial score (nSPS) is 13.5. The van der Waals surface area contributed by atoms with Gasteiger partial charge in [0.25, 0.3) is 0 Å². The van der Waals surface area contributed by atoms with Crippen LogP contribution in [0.1, 0.15) is 40.5 Å². The van der Waals surface area contributed by atoms with E-state index in [2.05, 4.69) is 26.1 Å². The molecule has 0 rings (SSSR count). The molecule has 1 heteroatoms. The molecule has 0 aliphatic rings. The van der Waals surface area contributed by atoms with Crippen molar-refractivity contribution in [1.29, 1.82) is 0 Å². The second-order valence-corrected chi connectivity index (χ2v) is 2.61. The van der Waals surface area contributed by atoms with Crippen LogP contribution in [0.2, 0.25) is 0 Å². The molecule has 0 atom stereocenters. The Morgan fingerprint density at radius 3 is 2.27 bits per heavy atom. The summed E-state index contributed by atoms with van der Waals surface area (Å²) in [7, 11) is 0. The number of hydrogen-bond acceptors (Lipinski definition) is 1. The molecular weight excluding hydrogens is 134 g/mol. The molecule has 0 aromatic heterocycles. The third kappa shape index (κ3) is 3.87. The van der Waals surface area contributed by atoms with Crippen molar-refractivity contribution in [2.75, 3.05) is 0 Å². The molecule has 0 saturated heterocycles. The zero-order valence-corrected chi connectivity index (χ0v) is 8.07. The third-order valence-corrected chi connectivity index (χ3v) is 1.82. The fraction of sp³-hybridized carbons (Fsp3) is 0.600. The number of nitrogens with one attached hydrogen (secondary N) is 1. The first kappa shape index (κ1) is 10.3. The van der Waals surface area contributed by atoms with Gasteiger partial charge in [0, 0.05) is 5.70 Å². The Labute approximate surface area is 70.2 Å². The van der Waals surface area contributed by atoms with Crippen LogP contribution in [-0.2, 0) is 0 Å². The van der Waals surface area contributed by atoms with E-state index in [4.69, 9.17) is 0 Å². The molecule has 0 aliphatic heterocycles. The second-order valence-electron chi connectivity index (χ2n) is 2.61. The van der Waals surface area contributed by atoms with Gasteiger partial charge in [0.15, 0.2) is 0 Å². The standard InChI is InChI=1S/C10H19N/c1-5-8-11-10(7-3)9(4)6-2/h5,8,11H,6-7H2,1-4H3/b8-5+,10-9+. The summed E-state index contributed by atoms with van der Waals surface area (Å²) in [5, 5.41) is 3.27. The van der Waals surface area contributed by atoms with Gasteiger partial charge in [-0.25, -0.2) is 0 Å². The number of allylic oxidation sites excluding steroid dienone is 3. The Kier molecular flexibility index (Phi) is 5.63. The maximum absolute atomic E-state index is 3.27. The summed E-state index contributed by atoms with van der Waals surface area (Å²) in [5.74, 6) is 0. The summed E-state index contributed by atoms with van der Waals surface area (Å²) in [6.07, 6.45) is 6.22. The lowest BCUT2D eigenvalue weighted by atomic mass is 10.1. The second kappa shape index (κ2) is 6.02. The van der Waals surface area contributed by atoms with Crippen LogP contribution in [0, 0.1) is 0 Å². The average Bonchev–Trinajstić information content (AvgIpc) is 2.05. The molecule has 0 heterocycles. The molecule has 1 N–H and O–H groups in total. The molecular formula is C10H19N. The van der Waals surface area contributed by atoms with Gasteiger partial charge in [0.2, 0.25) is 0 Å². The molecule has 0 aromatic rings. The van der Waals surface area contributed by atoms with Crippen molar-refractivity contribution in [2.24, 2.45) is 0 Å². The molecule has 0 aromatic carbocycles. The van der Waals surface area contributed by atoms with Crippen LogP contribution < -0.4 is 5.32 Å². The fourth-order valence-electron chi connectivity index (χ4n) is 0.924. The van der Waals surface area contributed by atoms with E-state index in [0.717, 1.165) is 12.8 Å². The van der Waals surface area contributed by atoms with Crippen LogP contribution in [0.5, 0.6) is 0 Å². The van der Waals surface area contributed by atoms with Gasteiger partial charge >= 0.3 is 0 Å². The molecule has 0 aliphatic carbocycles. The van der Waals surface area contributed by atoms with Gasteiger partial charge in [-0.15, -0.1) is 0 Å². The average molecular weight is 153 g/mol. The van der Waals surface area contributed by atoms with E-state index in [9.17, 15) is 0 Å². The summed E-state index contributed by atoms with van der Waals surface area (Å²) in [6, 6.07) is 0. The molecule has 64 valence electrons. The van der Waals surface area contributed by atoms with Crippen molar-refractivity contribution in [3.8, 4) is 0 Å². The van der Waals surface area contributed by atoms with E-state index in [1.54, 1.807) is 0 Å². The minimum atomic E-state index is 1.09. The van der Waals surface area contributed by atoms with Crippen LogP contribution in [0.3, 0.4) is 0 Å². The first-order valence-corrected chi connectivity index (χ1v) is 4.32. The highest BCUT2D eigenvalue weighted by molar-refractivity contribution is 5.11. The molecule has 0 radical (unpaired) electrons. The summed E-state index contributed by atoms with van der Waals surface area (Å²) < 4.78 is 0. The van der Waals surface area contributed by atoms with Crippen LogP contribution in [0.25, 0.3) is 0 Å². The maximum Gasteiger partial charge on any atom is 0.0132 e. The predicted octanol–water partition coefficient (Wildman–Crippen LogP) is 3.20. The van der Waals surface area contributed by atoms with E-state index in [0.29, 0.717) is 0 Å². The zero-order valence-electron chi connectivity index (χ0n) is 8.07. The van der Waals surface area contributed by atoms with Crippen LogP contribution in [-0.4, -0.2) is 0 Å². The fourth-order valence-corrected chi connectivity index (χ4v) is 0.924. The van der Waals surface area contributed by atoms with E-state index in [1.807, 2.05) is 19.2 Å². The van der Waals surface area contributed by atoms with Gasteiger partial charge in [-0.2, -0.15) is 0 Å². The lowest BCUT2D eigenvalue weighted by Gasteiger charge is -2.07. The first-order valence-electron chi connectivity index (χ1n) is 4.32. The Balaban J connectivity index is 4.14. The number of hydrogen-bond donors (Lipinski definition) is 1. The lowest BCUT2D eigenvalue weighted by Crippen LogP contribution is -2.05. The molecule has 0 spiro atoms. The molecule has 1 nitrogen and oxygen atoms in total. The summed E-state index contributed by atoms with van der Waals surface area (Å²) >= 11 is 0. The predicted molar refractivity (Wildman–Crippen MR) is 51.2 cm³/mol. The Bertz CT molecular complexity index is 154. The minimum absolute atomic E-state index is 1.09. The monoisotopic (exact) mass is 153 g/mol. The SMILES string of the molecule is C/C=C/N/C(CC)=C(\C)CC. The summed E-state index contributed by atoms with van der Waals surface area (Å²) in [5.41, 5.74) is 2.80. The van der Waals surface area contributed by atoms with E-state index in [-0.39, 0.29) is 0 Å². The Morgan fingerprint density at radius 2 is 1.91 bits per heavy atom. The van der Waals surface area contributed by atoms with Gasteiger partial charge in [-0.1, -0.05) is 25.5 Å². The van der Waals surface area contributed by atoms with Crippen LogP contribution in [0.15, 0.2) is 23.5 Å². The van der Waals surface area contributed by atoms with E-state index in [1.165, 1.54) is 11.3 Å². The largest absolute Gasteiger partial charge is 0.365 e. The first-order chi connectivity index (χ1) is 5.26. The molecule has 0 bridgehead atoms. The molecule has 0 saturated carbocycles. The molecule has 0 unspecified atom stereocenters. The van der Waals surface area contributed by atoms with Crippen molar-refractivity contribution >= 4 is 0 Å². The van der Waals surface area contributed by atoms with Gasteiger partial charge in [-0.05, 0) is 32.9 Å². The lowest BCUT2D eigenvalue weighted by molar-refractivity contribution is 0.882. The number of rotatable bonds is 4. The molecule has 0 amide bonds. The van der Waals surface area contributed by atoms with Gasteiger partial charge in [0.1, 0.15) is 0 Å². The topological polar surface area (TPSA) is 12.0 Å². The van der Waals surface area contributed by atoms with E-state index >= 15 is 0 Å². The quantitative estimate of drug-likeness (QED) is 0.654. The molecule has 0 fully saturated rings. The molecule has 11 heavy (non-hydrogen) atoms. The van der Waals surface area contributed by atoms with E-state index < -0.39 is 0 Å². The summed E-state index contributed by atoms with van der Waals surface area (Å²) in [4.78, 5) is 0. The van der Waals surface area contributed by atoms with Crippen molar-refractivity contribution in [3.05, 3.63) is 23.5 Å².